The molecule has 0 aromatic heterocycles. The zero-order chi connectivity index (χ0) is 5.11. The van der Waals surface area contributed by atoms with E-state index in [0.29, 0.717) is 6.10 Å². The molecule has 1 atom stereocenters. The molecule has 0 aromatic carbocycles. The summed E-state index contributed by atoms with van der Waals surface area (Å²) in [6.07, 6.45) is 5.84. The van der Waals surface area contributed by atoms with Crippen LogP contribution in [-0.4, -0.2) is 12.7 Å². The van der Waals surface area contributed by atoms with E-state index in [1.165, 1.54) is 0 Å². The van der Waals surface area contributed by atoms with Crippen LogP contribution < -0.4 is 0 Å². The van der Waals surface area contributed by atoms with Crippen LogP contribution >= 0.6 is 0 Å². The smallest absolute Gasteiger partial charge is 0.0991 e. The summed E-state index contributed by atoms with van der Waals surface area (Å²) in [7, 11) is 0. The van der Waals surface area contributed by atoms with Crippen molar-refractivity contribution in [3.05, 3.63) is 12.2 Å². The molecule has 1 saturated heterocycles. The van der Waals surface area contributed by atoms with Gasteiger partial charge in [-0.1, -0.05) is 19.1 Å². The van der Waals surface area contributed by atoms with Crippen LogP contribution in [-0.2, 0) is 4.74 Å². The molecule has 0 bridgehead atoms. The van der Waals surface area contributed by atoms with Crippen LogP contribution in [0.1, 0.15) is 13.3 Å². The van der Waals surface area contributed by atoms with E-state index in [0.717, 1.165) is 13.0 Å². The van der Waals surface area contributed by atoms with Gasteiger partial charge < -0.3 is 4.74 Å². The summed E-state index contributed by atoms with van der Waals surface area (Å²) >= 11 is 0. The topological polar surface area (TPSA) is 12.5 Å². The third-order valence-electron chi connectivity index (χ3n) is 0.946. The van der Waals surface area contributed by atoms with Crippen molar-refractivity contribution in [1.82, 2.24) is 0 Å². The predicted octanol–water partition coefficient (Wildman–Crippen LogP) is 1.35. The first-order chi connectivity index (χ1) is 3.43. The Morgan fingerprint density at radius 3 is 3.00 bits per heavy atom. The van der Waals surface area contributed by atoms with Gasteiger partial charge in [0.15, 0.2) is 0 Å². The van der Waals surface area contributed by atoms with E-state index in [1.807, 2.05) is 0 Å². The van der Waals surface area contributed by atoms with E-state index in [4.69, 9.17) is 4.74 Å². The second-order valence-electron chi connectivity index (χ2n) is 1.71. The fraction of sp³-hybridized carbons (Fsp3) is 0.667. The van der Waals surface area contributed by atoms with Gasteiger partial charge in [0, 0.05) is 0 Å². The predicted molar refractivity (Wildman–Crippen MR) is 29.2 cm³/mol. The molecule has 40 valence electrons. The maximum atomic E-state index is 4.92. The molecule has 0 aliphatic carbocycles. The van der Waals surface area contributed by atoms with Crippen LogP contribution in [0.25, 0.3) is 0 Å². The maximum Gasteiger partial charge on any atom is 0.0991 e. The normalized spacial score (nSPS) is 29.0. The Balaban J connectivity index is 2.05. The Kier molecular flexibility index (Phi) is 1.47. The van der Waals surface area contributed by atoms with Gasteiger partial charge in [0.25, 0.3) is 0 Å². The van der Waals surface area contributed by atoms with E-state index in [2.05, 4.69) is 19.1 Å². The summed E-state index contributed by atoms with van der Waals surface area (Å²) in [4.78, 5) is 0. The number of epoxide rings is 1. The zero-order valence-electron chi connectivity index (χ0n) is 4.55. The molecule has 1 nitrogen and oxygen atoms in total. The van der Waals surface area contributed by atoms with Crippen molar-refractivity contribution in [3.8, 4) is 0 Å². The molecule has 0 unspecified atom stereocenters. The van der Waals surface area contributed by atoms with Crippen molar-refractivity contribution in [3.63, 3.8) is 0 Å². The fourth-order valence-electron chi connectivity index (χ4n) is 0.455. The molecule has 0 amide bonds. The molecule has 1 heteroatoms. The Bertz CT molecular complexity index is 72.2. The summed E-state index contributed by atoms with van der Waals surface area (Å²) in [6.45, 7) is 3.06. The lowest BCUT2D eigenvalue weighted by molar-refractivity contribution is 0.440. The molecule has 7 heavy (non-hydrogen) atoms. The molecule has 0 spiro atoms. The highest BCUT2D eigenvalue weighted by Crippen LogP contribution is 2.09. The minimum absolute atomic E-state index is 0.472. The van der Waals surface area contributed by atoms with E-state index in [-0.39, 0.29) is 0 Å². The van der Waals surface area contributed by atoms with Crippen LogP contribution in [0.2, 0.25) is 0 Å². The highest BCUT2D eigenvalue weighted by molar-refractivity contribution is 4.94. The van der Waals surface area contributed by atoms with Gasteiger partial charge in [-0.2, -0.15) is 0 Å². The van der Waals surface area contributed by atoms with Crippen molar-refractivity contribution in [2.75, 3.05) is 6.61 Å². The molecule has 0 N–H and O–H groups in total. The van der Waals surface area contributed by atoms with E-state index in [1.54, 1.807) is 0 Å². The van der Waals surface area contributed by atoms with Crippen molar-refractivity contribution in [2.24, 2.45) is 0 Å². The molecular formula is C6H10O. The molecule has 0 aromatic rings. The zero-order valence-corrected chi connectivity index (χ0v) is 4.55. The van der Waals surface area contributed by atoms with Crippen LogP contribution in [0, 0.1) is 0 Å². The highest BCUT2D eigenvalue weighted by Gasteiger charge is 2.17. The largest absolute Gasteiger partial charge is 0.369 e. The Labute approximate surface area is 44.0 Å². The third kappa shape index (κ3) is 1.74. The first-order valence-corrected chi connectivity index (χ1v) is 2.71. The first-order valence-electron chi connectivity index (χ1n) is 2.71. The Morgan fingerprint density at radius 1 is 1.86 bits per heavy atom. The summed E-state index contributed by atoms with van der Waals surface area (Å²) in [5.41, 5.74) is 0. The average Bonchev–Trinajstić information content (AvgIpc) is 2.42. The second-order valence-corrected chi connectivity index (χ2v) is 1.71. The number of hydrogen-bond acceptors (Lipinski definition) is 1. The lowest BCUT2D eigenvalue weighted by Gasteiger charge is -1.73. The summed E-state index contributed by atoms with van der Waals surface area (Å²) in [6, 6.07) is 0. The molecule has 1 fully saturated rings. The molecule has 1 aliphatic heterocycles. The summed E-state index contributed by atoms with van der Waals surface area (Å²) in [5, 5.41) is 0. The molecule has 1 heterocycles. The number of ether oxygens (including phenoxy) is 1. The second kappa shape index (κ2) is 2.12. The average molecular weight is 98.1 g/mol. The Morgan fingerprint density at radius 2 is 2.57 bits per heavy atom. The summed E-state index contributed by atoms with van der Waals surface area (Å²) < 4.78 is 4.92. The quantitative estimate of drug-likeness (QED) is 0.375. The maximum absolute atomic E-state index is 4.92. The minimum atomic E-state index is 0.472. The van der Waals surface area contributed by atoms with Crippen molar-refractivity contribution in [1.29, 1.82) is 0 Å². The number of hydrogen-bond donors (Lipinski definition) is 0. The number of allylic oxidation sites excluding steroid dienone is 1. The monoisotopic (exact) mass is 98.1 g/mol. The third-order valence-corrected chi connectivity index (χ3v) is 0.946. The van der Waals surface area contributed by atoms with Gasteiger partial charge >= 0.3 is 0 Å². The summed E-state index contributed by atoms with van der Waals surface area (Å²) in [5.74, 6) is 0. The number of rotatable bonds is 2. The van der Waals surface area contributed by atoms with Gasteiger partial charge in [-0.05, 0) is 6.42 Å². The van der Waals surface area contributed by atoms with Crippen molar-refractivity contribution < 1.29 is 4.74 Å². The van der Waals surface area contributed by atoms with Crippen LogP contribution in [0.15, 0.2) is 12.2 Å². The van der Waals surface area contributed by atoms with Crippen LogP contribution in [0.3, 0.4) is 0 Å². The molecule has 0 saturated carbocycles. The van der Waals surface area contributed by atoms with Crippen molar-refractivity contribution >= 4 is 0 Å². The lowest BCUT2D eigenvalue weighted by atomic mass is 10.3. The Hall–Kier alpha value is -0.300. The van der Waals surface area contributed by atoms with Crippen molar-refractivity contribution in [2.45, 2.75) is 19.4 Å². The first kappa shape index (κ1) is 4.85. The molecule has 0 radical (unpaired) electrons. The highest BCUT2D eigenvalue weighted by atomic mass is 16.6. The van der Waals surface area contributed by atoms with Gasteiger partial charge in [0.2, 0.25) is 0 Å². The van der Waals surface area contributed by atoms with Gasteiger partial charge in [0.1, 0.15) is 0 Å². The van der Waals surface area contributed by atoms with Crippen LogP contribution in [0.4, 0.5) is 0 Å². The SMILES string of the molecule is CC/C=C/[C@H]1CO1. The van der Waals surface area contributed by atoms with Gasteiger partial charge in [-0.25, -0.2) is 0 Å². The van der Waals surface area contributed by atoms with Gasteiger partial charge in [0.05, 0.1) is 12.7 Å². The molecular weight excluding hydrogens is 88.1 g/mol. The standard InChI is InChI=1S/C6H10O/c1-2-3-4-6-5-7-6/h3-4,6H,2,5H2,1H3/b4-3+/t6-/m0/s1. The van der Waals surface area contributed by atoms with E-state index >= 15 is 0 Å². The lowest BCUT2D eigenvalue weighted by Crippen LogP contribution is -1.70. The fourth-order valence-corrected chi connectivity index (χ4v) is 0.455. The van der Waals surface area contributed by atoms with Gasteiger partial charge in [-0.3, -0.25) is 0 Å². The molecule has 1 aliphatic rings. The van der Waals surface area contributed by atoms with E-state index in [9.17, 15) is 0 Å². The molecule has 1 rings (SSSR count). The van der Waals surface area contributed by atoms with E-state index < -0.39 is 0 Å². The van der Waals surface area contributed by atoms with Crippen LogP contribution in [0.5, 0.6) is 0 Å². The minimum Gasteiger partial charge on any atom is -0.369 e. The van der Waals surface area contributed by atoms with Gasteiger partial charge in [-0.15, -0.1) is 0 Å².